The smallest absolute Gasteiger partial charge is 0.307 e. The Kier molecular flexibility index (Phi) is 2.51. The van der Waals surface area contributed by atoms with Gasteiger partial charge in [-0.2, -0.15) is 13.2 Å². The molecule has 0 radical (unpaired) electrons. The van der Waals surface area contributed by atoms with Gasteiger partial charge < -0.3 is 5.32 Å². The highest BCUT2D eigenvalue weighted by Gasteiger charge is 2.35. The number of fused-ring (bicyclic) bond motifs is 3. The van der Waals surface area contributed by atoms with Gasteiger partial charge in [0.15, 0.2) is 0 Å². The van der Waals surface area contributed by atoms with Crippen LogP contribution >= 0.6 is 0 Å². The summed E-state index contributed by atoms with van der Waals surface area (Å²) < 4.78 is 38.2. The average Bonchev–Trinajstić information content (AvgIpc) is 2.37. The summed E-state index contributed by atoms with van der Waals surface area (Å²) in [6.07, 6.45) is -3.69. The number of rotatable bonds is 0. The predicted octanol–water partition coefficient (Wildman–Crippen LogP) is 2.70. The number of nitrogens with one attached hydrogen (secondary N) is 1. The highest BCUT2D eigenvalue weighted by atomic mass is 19.4. The van der Waals surface area contributed by atoms with Crippen LogP contribution in [0.2, 0.25) is 0 Å². The Bertz CT molecular complexity index is 580. The van der Waals surface area contributed by atoms with Crippen molar-refractivity contribution in [2.75, 3.05) is 18.4 Å². The van der Waals surface area contributed by atoms with E-state index in [1.165, 1.54) is 11.0 Å². The maximum Gasteiger partial charge on any atom is 0.416 e. The Labute approximate surface area is 106 Å². The minimum Gasteiger partial charge on any atom is -0.307 e. The molecule has 0 atom stereocenters. The molecule has 19 heavy (non-hydrogen) atoms. The number of aliphatic imine (C=N–C) groups is 1. The van der Waals surface area contributed by atoms with Crippen molar-refractivity contribution in [1.82, 2.24) is 4.90 Å². The number of nitrogens with zero attached hydrogens (tertiary/aromatic N) is 2. The third-order valence-electron chi connectivity index (χ3n) is 3.13. The van der Waals surface area contributed by atoms with Gasteiger partial charge in [0.1, 0.15) is 5.84 Å². The first-order valence-corrected chi connectivity index (χ1v) is 5.81. The molecule has 0 spiro atoms. The molecule has 1 aromatic carbocycles. The fourth-order valence-electron chi connectivity index (χ4n) is 2.23. The number of amides is 2. The second kappa shape index (κ2) is 3.97. The third-order valence-corrected chi connectivity index (χ3v) is 3.13. The second-order valence-corrected chi connectivity index (χ2v) is 4.40. The maximum absolute atomic E-state index is 12.7. The largest absolute Gasteiger partial charge is 0.416 e. The maximum atomic E-state index is 12.7. The van der Waals surface area contributed by atoms with E-state index in [1.807, 2.05) is 0 Å². The molecule has 0 fully saturated rings. The van der Waals surface area contributed by atoms with E-state index in [1.54, 1.807) is 0 Å². The molecular formula is C12H10F3N3O. The van der Waals surface area contributed by atoms with E-state index in [2.05, 4.69) is 10.3 Å². The second-order valence-electron chi connectivity index (χ2n) is 4.40. The minimum atomic E-state index is -4.41. The first-order valence-electron chi connectivity index (χ1n) is 5.81. The molecule has 1 N–H and O–H groups in total. The number of carbonyl (C=O) groups is 1. The number of carbonyl (C=O) groups excluding carboxylic acids is 1. The van der Waals surface area contributed by atoms with E-state index in [9.17, 15) is 18.0 Å². The number of amidine groups is 1. The first-order chi connectivity index (χ1) is 8.97. The van der Waals surface area contributed by atoms with E-state index in [-0.39, 0.29) is 6.03 Å². The van der Waals surface area contributed by atoms with E-state index < -0.39 is 11.7 Å². The summed E-state index contributed by atoms with van der Waals surface area (Å²) in [5.41, 5.74) is -0.0420. The SMILES string of the molecule is O=C1Nc2ccc(C(F)(F)F)cc2C2=NCCCN12. The average molecular weight is 269 g/mol. The lowest BCUT2D eigenvalue weighted by Gasteiger charge is -2.33. The molecule has 3 rings (SSSR count). The predicted molar refractivity (Wildman–Crippen MR) is 63.2 cm³/mol. The van der Waals surface area contributed by atoms with Crippen molar-refractivity contribution < 1.29 is 18.0 Å². The first kappa shape index (κ1) is 12.0. The van der Waals surface area contributed by atoms with Crippen LogP contribution in [0.4, 0.5) is 23.7 Å². The molecule has 0 unspecified atom stereocenters. The lowest BCUT2D eigenvalue weighted by atomic mass is 10.0. The normalized spacial score (nSPS) is 18.4. The monoisotopic (exact) mass is 269 g/mol. The van der Waals surface area contributed by atoms with E-state index in [4.69, 9.17) is 0 Å². The molecule has 0 bridgehead atoms. The third kappa shape index (κ3) is 1.94. The van der Waals surface area contributed by atoms with Gasteiger partial charge in [-0.3, -0.25) is 9.89 Å². The van der Waals surface area contributed by atoms with Crippen LogP contribution in [-0.4, -0.2) is 29.9 Å². The molecule has 2 aliphatic heterocycles. The fraction of sp³-hybridized carbons (Fsp3) is 0.333. The van der Waals surface area contributed by atoms with Crippen molar-refractivity contribution in [3.05, 3.63) is 29.3 Å². The number of urea groups is 1. The van der Waals surface area contributed by atoms with Gasteiger partial charge in [0.2, 0.25) is 0 Å². The van der Waals surface area contributed by atoms with Crippen LogP contribution in [0.15, 0.2) is 23.2 Å². The Morgan fingerprint density at radius 1 is 1.32 bits per heavy atom. The number of hydrogen-bond donors (Lipinski definition) is 1. The van der Waals surface area contributed by atoms with Crippen molar-refractivity contribution >= 4 is 17.6 Å². The molecule has 1 aromatic rings. The molecule has 2 amide bonds. The van der Waals surface area contributed by atoms with Crippen molar-refractivity contribution in [3.63, 3.8) is 0 Å². The van der Waals surface area contributed by atoms with Crippen molar-refractivity contribution in [2.45, 2.75) is 12.6 Å². The van der Waals surface area contributed by atoms with Crippen molar-refractivity contribution in [1.29, 1.82) is 0 Å². The van der Waals surface area contributed by atoms with Gasteiger partial charge in [-0.1, -0.05) is 0 Å². The zero-order valence-electron chi connectivity index (χ0n) is 9.79. The molecule has 7 heteroatoms. The standard InChI is InChI=1S/C12H10F3N3O/c13-12(14,15)7-2-3-9-8(6-7)10-16-4-1-5-18(10)11(19)17-9/h2-3,6H,1,4-5H2,(H,17,19). The Morgan fingerprint density at radius 3 is 2.84 bits per heavy atom. The number of hydrogen-bond acceptors (Lipinski definition) is 2. The molecule has 0 saturated carbocycles. The summed E-state index contributed by atoms with van der Waals surface area (Å²) in [4.78, 5) is 17.3. The molecule has 100 valence electrons. The molecule has 0 aliphatic carbocycles. The van der Waals surface area contributed by atoms with Crippen LogP contribution in [-0.2, 0) is 6.18 Å². The lowest BCUT2D eigenvalue weighted by Crippen LogP contribution is -2.47. The van der Waals surface area contributed by atoms with E-state index in [0.29, 0.717) is 36.6 Å². The molecule has 2 heterocycles. The highest BCUT2D eigenvalue weighted by molar-refractivity contribution is 6.18. The van der Waals surface area contributed by atoms with Gasteiger partial charge in [0, 0.05) is 18.7 Å². The number of benzene rings is 1. The highest BCUT2D eigenvalue weighted by Crippen LogP contribution is 2.34. The van der Waals surface area contributed by atoms with Crippen LogP contribution < -0.4 is 5.32 Å². The van der Waals surface area contributed by atoms with E-state index >= 15 is 0 Å². The van der Waals surface area contributed by atoms with Crippen LogP contribution in [0.1, 0.15) is 17.5 Å². The van der Waals surface area contributed by atoms with Crippen LogP contribution in [0, 0.1) is 0 Å². The zero-order chi connectivity index (χ0) is 13.6. The number of alkyl halides is 3. The molecule has 2 aliphatic rings. The van der Waals surface area contributed by atoms with Gasteiger partial charge in [0.05, 0.1) is 11.3 Å². The molecule has 4 nitrogen and oxygen atoms in total. The molecule has 0 saturated heterocycles. The van der Waals surface area contributed by atoms with Gasteiger partial charge in [0.25, 0.3) is 0 Å². The molecular weight excluding hydrogens is 259 g/mol. The lowest BCUT2D eigenvalue weighted by molar-refractivity contribution is -0.137. The Hall–Kier alpha value is -2.05. The van der Waals surface area contributed by atoms with Gasteiger partial charge in [-0.15, -0.1) is 0 Å². The fourth-order valence-corrected chi connectivity index (χ4v) is 2.23. The zero-order valence-corrected chi connectivity index (χ0v) is 9.79. The minimum absolute atomic E-state index is 0.328. The summed E-state index contributed by atoms with van der Waals surface area (Å²) >= 11 is 0. The quantitative estimate of drug-likeness (QED) is 0.773. The van der Waals surface area contributed by atoms with Crippen molar-refractivity contribution in [2.24, 2.45) is 4.99 Å². The van der Waals surface area contributed by atoms with Crippen LogP contribution in [0.5, 0.6) is 0 Å². The Balaban J connectivity index is 2.13. The Morgan fingerprint density at radius 2 is 2.11 bits per heavy atom. The summed E-state index contributed by atoms with van der Waals surface area (Å²) in [7, 11) is 0. The van der Waals surface area contributed by atoms with Gasteiger partial charge >= 0.3 is 12.2 Å². The van der Waals surface area contributed by atoms with E-state index in [0.717, 1.165) is 12.1 Å². The summed E-state index contributed by atoms with van der Waals surface area (Å²) in [5.74, 6) is 0.330. The van der Waals surface area contributed by atoms with Gasteiger partial charge in [-0.25, -0.2) is 4.79 Å². The summed E-state index contributed by atoms with van der Waals surface area (Å²) in [6.45, 7) is 0.995. The molecule has 0 aromatic heterocycles. The van der Waals surface area contributed by atoms with Crippen LogP contribution in [0.25, 0.3) is 0 Å². The summed E-state index contributed by atoms with van der Waals surface area (Å²) in [5, 5.41) is 2.58. The van der Waals surface area contributed by atoms with Crippen LogP contribution in [0.3, 0.4) is 0 Å². The number of halogens is 3. The summed E-state index contributed by atoms with van der Waals surface area (Å²) in [6, 6.07) is 2.92. The number of anilines is 1. The van der Waals surface area contributed by atoms with Gasteiger partial charge in [-0.05, 0) is 24.6 Å². The topological polar surface area (TPSA) is 44.7 Å². The van der Waals surface area contributed by atoms with Crippen molar-refractivity contribution in [3.8, 4) is 0 Å².